The molecule has 0 aliphatic heterocycles. The summed E-state index contributed by atoms with van der Waals surface area (Å²) in [7, 11) is 0. The second-order valence-electron chi connectivity index (χ2n) is 8.17. The molecule has 2 nitrogen and oxygen atoms in total. The van der Waals surface area contributed by atoms with Crippen LogP contribution in [-0.4, -0.2) is 13.2 Å². The van der Waals surface area contributed by atoms with Crippen molar-refractivity contribution in [2.75, 3.05) is 13.2 Å². The lowest BCUT2D eigenvalue weighted by Gasteiger charge is -2.11. The fraction of sp³-hybridized carbons (Fsp3) is 0.556. The Morgan fingerprint density at radius 3 is 1.32 bits per heavy atom. The summed E-state index contributed by atoms with van der Waals surface area (Å²) >= 11 is 0. The Bertz CT molecular complexity index is 761. The Kier molecular flexibility index (Phi) is 12.0. The highest BCUT2D eigenvalue weighted by molar-refractivity contribution is 5.65. The molecule has 0 spiro atoms. The summed E-state index contributed by atoms with van der Waals surface area (Å²) in [6.07, 6.45) is 12.6. The molecule has 0 fully saturated rings. The van der Waals surface area contributed by atoms with Crippen molar-refractivity contribution in [2.45, 2.75) is 84.5 Å². The van der Waals surface area contributed by atoms with Gasteiger partial charge < -0.3 is 9.47 Å². The van der Waals surface area contributed by atoms with Gasteiger partial charge in [-0.1, -0.05) is 83.8 Å². The third-order valence-electron chi connectivity index (χ3n) is 5.46. The molecule has 0 bridgehead atoms. The third kappa shape index (κ3) is 9.28. The largest absolute Gasteiger partial charge is 0.491 e. The Morgan fingerprint density at radius 2 is 0.935 bits per heavy atom. The van der Waals surface area contributed by atoms with Crippen LogP contribution in [0.25, 0.3) is 11.1 Å². The van der Waals surface area contributed by atoms with Crippen LogP contribution in [0.15, 0.2) is 36.4 Å². The zero-order chi connectivity index (χ0) is 22.3. The van der Waals surface area contributed by atoms with Gasteiger partial charge in [0.05, 0.1) is 13.2 Å². The van der Waals surface area contributed by atoms with E-state index >= 15 is 0 Å². The van der Waals surface area contributed by atoms with E-state index in [9.17, 15) is 8.78 Å². The Labute approximate surface area is 187 Å². The summed E-state index contributed by atoms with van der Waals surface area (Å²) in [5.74, 6) is -0.342. The molecule has 0 atom stereocenters. The molecule has 0 radical (unpaired) electrons. The second kappa shape index (κ2) is 14.8. The van der Waals surface area contributed by atoms with Crippen LogP contribution in [0.5, 0.6) is 11.5 Å². The van der Waals surface area contributed by atoms with Gasteiger partial charge in [0.2, 0.25) is 0 Å². The topological polar surface area (TPSA) is 18.5 Å². The number of hydrogen-bond acceptors (Lipinski definition) is 2. The molecule has 0 saturated carbocycles. The van der Waals surface area contributed by atoms with Crippen molar-refractivity contribution < 1.29 is 18.3 Å². The van der Waals surface area contributed by atoms with Crippen LogP contribution in [0.4, 0.5) is 8.78 Å². The predicted molar refractivity (Wildman–Crippen MR) is 125 cm³/mol. The molecule has 31 heavy (non-hydrogen) atoms. The summed E-state index contributed by atoms with van der Waals surface area (Å²) in [6, 6.07) is 9.58. The highest BCUT2D eigenvalue weighted by Gasteiger charge is 2.10. The van der Waals surface area contributed by atoms with Crippen LogP contribution >= 0.6 is 0 Å². The molecule has 4 heteroatoms. The first-order valence-electron chi connectivity index (χ1n) is 12.0. The Morgan fingerprint density at radius 1 is 0.548 bits per heavy atom. The maximum Gasteiger partial charge on any atom is 0.165 e. The van der Waals surface area contributed by atoms with Gasteiger partial charge in [-0.3, -0.25) is 0 Å². The van der Waals surface area contributed by atoms with Gasteiger partial charge in [0, 0.05) is 0 Å². The summed E-state index contributed by atoms with van der Waals surface area (Å²) in [4.78, 5) is 0. The van der Waals surface area contributed by atoms with Gasteiger partial charge in [-0.05, 0) is 48.2 Å². The van der Waals surface area contributed by atoms with E-state index in [-0.39, 0.29) is 11.5 Å². The van der Waals surface area contributed by atoms with Gasteiger partial charge in [-0.15, -0.1) is 0 Å². The zero-order valence-electron chi connectivity index (χ0n) is 19.2. The maximum atomic E-state index is 14.4. The van der Waals surface area contributed by atoms with Crippen LogP contribution < -0.4 is 9.47 Å². The van der Waals surface area contributed by atoms with E-state index < -0.39 is 11.6 Å². The smallest absolute Gasteiger partial charge is 0.165 e. The van der Waals surface area contributed by atoms with Crippen molar-refractivity contribution in [3.05, 3.63) is 48.0 Å². The molecule has 2 aromatic rings. The lowest BCUT2D eigenvalue weighted by atomic mass is 10.0. The Hall–Kier alpha value is -2.10. The minimum absolute atomic E-state index is 0.249. The summed E-state index contributed by atoms with van der Waals surface area (Å²) in [5.41, 5.74) is 1.24. The molecule has 0 N–H and O–H groups in total. The van der Waals surface area contributed by atoms with Gasteiger partial charge >= 0.3 is 0 Å². The molecule has 0 unspecified atom stereocenters. The maximum absolute atomic E-state index is 14.4. The number of rotatable bonds is 16. The van der Waals surface area contributed by atoms with Gasteiger partial charge in [0.1, 0.15) is 0 Å². The van der Waals surface area contributed by atoms with E-state index in [1.54, 1.807) is 24.3 Å². The van der Waals surface area contributed by atoms with Crippen molar-refractivity contribution in [3.8, 4) is 22.6 Å². The van der Waals surface area contributed by atoms with Crippen molar-refractivity contribution >= 4 is 0 Å². The number of unbranched alkanes of at least 4 members (excludes halogenated alkanes) is 9. The lowest BCUT2D eigenvalue weighted by molar-refractivity contribution is 0.290. The van der Waals surface area contributed by atoms with Crippen LogP contribution in [0.3, 0.4) is 0 Å². The number of hydrogen-bond donors (Lipinski definition) is 0. The first kappa shape index (κ1) is 25.2. The van der Waals surface area contributed by atoms with Crippen molar-refractivity contribution in [2.24, 2.45) is 0 Å². The molecule has 0 aliphatic rings. The first-order valence-corrected chi connectivity index (χ1v) is 12.0. The normalized spacial score (nSPS) is 11.0. The number of halogens is 2. The summed E-state index contributed by atoms with van der Waals surface area (Å²) < 4.78 is 40.0. The van der Waals surface area contributed by atoms with E-state index in [0.29, 0.717) is 24.3 Å². The molecule has 2 rings (SSSR count). The number of ether oxygens (including phenoxy) is 2. The lowest BCUT2D eigenvalue weighted by Crippen LogP contribution is -2.00. The average Bonchev–Trinajstić information content (AvgIpc) is 2.77. The molecule has 0 aromatic heterocycles. The summed E-state index contributed by atoms with van der Waals surface area (Å²) in [6.45, 7) is 5.40. The molecule has 0 heterocycles. The quantitative estimate of drug-likeness (QED) is 0.247. The minimum atomic E-state index is -0.421. The second-order valence-corrected chi connectivity index (χ2v) is 8.17. The first-order chi connectivity index (χ1) is 15.2. The fourth-order valence-corrected chi connectivity index (χ4v) is 3.55. The molecule has 2 aromatic carbocycles. The van der Waals surface area contributed by atoms with E-state index in [2.05, 4.69) is 13.8 Å². The van der Waals surface area contributed by atoms with Crippen LogP contribution in [0.2, 0.25) is 0 Å². The molecule has 0 saturated heterocycles. The Balaban J connectivity index is 1.83. The zero-order valence-corrected chi connectivity index (χ0v) is 19.2. The van der Waals surface area contributed by atoms with Crippen molar-refractivity contribution in [3.63, 3.8) is 0 Å². The number of benzene rings is 2. The minimum Gasteiger partial charge on any atom is -0.491 e. The van der Waals surface area contributed by atoms with E-state index in [4.69, 9.17) is 9.47 Å². The van der Waals surface area contributed by atoms with Crippen LogP contribution in [0.1, 0.15) is 84.5 Å². The SMILES string of the molecule is CCCCCCCCOc1ccc(-c2ccc(OCCCCCCC)c(F)c2)cc1F. The fourth-order valence-electron chi connectivity index (χ4n) is 3.55. The van der Waals surface area contributed by atoms with E-state index in [1.165, 1.54) is 57.1 Å². The van der Waals surface area contributed by atoms with Gasteiger partial charge in [0.25, 0.3) is 0 Å². The molecule has 172 valence electrons. The van der Waals surface area contributed by atoms with E-state index in [1.807, 2.05) is 0 Å². The van der Waals surface area contributed by atoms with Crippen molar-refractivity contribution in [1.29, 1.82) is 0 Å². The highest BCUT2D eigenvalue weighted by atomic mass is 19.1. The van der Waals surface area contributed by atoms with Crippen molar-refractivity contribution in [1.82, 2.24) is 0 Å². The molecule has 0 aliphatic carbocycles. The highest BCUT2D eigenvalue weighted by Crippen LogP contribution is 2.29. The van der Waals surface area contributed by atoms with Gasteiger partial charge in [0.15, 0.2) is 23.1 Å². The van der Waals surface area contributed by atoms with Gasteiger partial charge in [-0.25, -0.2) is 8.78 Å². The average molecular weight is 433 g/mol. The molecular formula is C27H38F2O2. The predicted octanol–water partition coefficient (Wildman–Crippen LogP) is 8.72. The summed E-state index contributed by atoms with van der Waals surface area (Å²) in [5, 5.41) is 0. The van der Waals surface area contributed by atoms with Gasteiger partial charge in [-0.2, -0.15) is 0 Å². The third-order valence-corrected chi connectivity index (χ3v) is 5.46. The molecular weight excluding hydrogens is 394 g/mol. The van der Waals surface area contributed by atoms with E-state index in [0.717, 1.165) is 25.7 Å². The standard InChI is InChI=1S/C27H38F2O2/c1-3-5-7-9-11-13-19-31-27-17-15-23(21-25(27)29)22-14-16-26(24(28)20-22)30-18-12-10-8-6-4-2/h14-17,20-21H,3-13,18-19H2,1-2H3. The van der Waals surface area contributed by atoms with Crippen LogP contribution in [-0.2, 0) is 0 Å². The van der Waals surface area contributed by atoms with Crippen LogP contribution in [0, 0.1) is 11.6 Å². The monoisotopic (exact) mass is 432 g/mol. The molecule has 0 amide bonds.